The SMILES string of the molecule is CCC1C(C)C(C)C(C)C1C.CCC1C(C)C(C)C(C)C1C.CP(C)c1ccccc1.CP(C)c1ccccc1.O=C(O)CC[S-].O=C(O)CC[S-].[Au+].[Au+].[Zr+2]. The third kappa shape index (κ3) is 27.7. The van der Waals surface area contributed by atoms with E-state index in [1.807, 2.05) is 0 Å². The largest absolute Gasteiger partial charge is 2.00 e. The van der Waals surface area contributed by atoms with Crippen molar-refractivity contribution in [3.63, 3.8) is 0 Å². The van der Waals surface area contributed by atoms with Crippen molar-refractivity contribution in [3.8, 4) is 0 Å². The topological polar surface area (TPSA) is 74.6 Å². The predicted octanol–water partition coefficient (Wildman–Crippen LogP) is 11.3. The average molecular weight is 1280 g/mol. The van der Waals surface area contributed by atoms with Crippen LogP contribution in [-0.2, 0) is 106 Å². The van der Waals surface area contributed by atoms with Crippen molar-refractivity contribution in [1.29, 1.82) is 0 Å². The molecule has 0 heterocycles. The molecule has 2 N–H and O–H groups in total. The molecule has 4 nitrogen and oxygen atoms in total. The molecule has 2 aromatic carbocycles. The number of hydrogen-bond acceptors (Lipinski definition) is 4. The van der Waals surface area contributed by atoms with E-state index in [2.05, 4.69) is 182 Å². The molecule has 2 aliphatic carbocycles. The van der Waals surface area contributed by atoms with Gasteiger partial charge in [-0.2, -0.15) is 11.5 Å². The van der Waals surface area contributed by atoms with Crippen LogP contribution in [0.5, 0.6) is 0 Å². The number of rotatable bonds is 8. The van der Waals surface area contributed by atoms with E-state index in [0.717, 1.165) is 59.2 Å². The Hall–Kier alpha value is 1.30. The third-order valence-electron chi connectivity index (χ3n) is 11.8. The van der Waals surface area contributed by atoms with Crippen LogP contribution in [-0.4, -0.2) is 60.3 Å². The number of carbonyl (C=O) groups is 2. The standard InChI is InChI=1S/2C11H22.2C8H11P.2C3H6O2S.2Au.Zr/c2*1-6-11-9(4)7(2)8(3)10(11)5;2*1-9(2)8-6-4-3-5-7-8;2*4-3(5)1-2-6;;;/h2*7-11H,6H2,1-5H3;2*3-7H,1-2H3;2*6H,1-2H2,(H,4,5);;;/q;;;;;;2*+1;+2/p-2. The zero-order valence-electron chi connectivity index (χ0n) is 36.3. The molecule has 2 aromatic rings. The average Bonchev–Trinajstić information content (AvgIpc) is 3.42. The van der Waals surface area contributed by atoms with Gasteiger partial charge in [-0.15, -0.1) is 0 Å². The van der Waals surface area contributed by atoms with Crippen molar-refractivity contribution >= 4 is 63.6 Å². The molecule has 11 heteroatoms. The van der Waals surface area contributed by atoms with Gasteiger partial charge in [0.05, 0.1) is 0 Å². The molecule has 4 rings (SSSR count). The fourth-order valence-corrected chi connectivity index (χ4v) is 9.43. The molecule has 55 heavy (non-hydrogen) atoms. The molecule has 8 atom stereocenters. The Balaban J connectivity index is -0.000000183. The predicted molar refractivity (Wildman–Crippen MR) is 240 cm³/mol. The molecule has 8 unspecified atom stereocenters. The molecule has 0 bridgehead atoms. The van der Waals surface area contributed by atoms with Gasteiger partial charge in [0.15, 0.2) is 0 Å². The van der Waals surface area contributed by atoms with Crippen LogP contribution in [0, 0.1) is 59.2 Å². The molecule has 0 radical (unpaired) electrons. The van der Waals surface area contributed by atoms with Crippen molar-refractivity contribution in [1.82, 2.24) is 0 Å². The minimum absolute atomic E-state index is 0. The molecule has 0 aliphatic heterocycles. The first kappa shape index (κ1) is 65.4. The van der Waals surface area contributed by atoms with Crippen molar-refractivity contribution in [3.05, 3.63) is 60.7 Å². The zero-order chi connectivity index (χ0) is 40.6. The second-order valence-electron chi connectivity index (χ2n) is 15.2. The first-order chi connectivity index (χ1) is 24.3. The maximum atomic E-state index is 9.53. The molecule has 2 fully saturated rings. The van der Waals surface area contributed by atoms with E-state index in [1.165, 1.54) is 23.5 Å². The molecule has 2 saturated carbocycles. The first-order valence-corrected chi connectivity index (χ1v) is 25.0. The van der Waals surface area contributed by atoms with E-state index >= 15 is 0 Å². The first-order valence-electron chi connectivity index (χ1n) is 19.4. The van der Waals surface area contributed by atoms with Gasteiger partial charge in [0, 0.05) is 12.8 Å². The number of aliphatic carboxylic acids is 2. The fraction of sp³-hybridized carbons (Fsp3) is 0.682. The minimum Gasteiger partial charge on any atom is -0.792 e. The van der Waals surface area contributed by atoms with E-state index < -0.39 is 11.9 Å². The Bertz CT molecular complexity index is 1070. The van der Waals surface area contributed by atoms with E-state index in [4.69, 9.17) is 10.2 Å². The van der Waals surface area contributed by atoms with Gasteiger partial charge in [0.25, 0.3) is 0 Å². The van der Waals surface area contributed by atoms with Gasteiger partial charge in [0.1, 0.15) is 0 Å². The smallest absolute Gasteiger partial charge is 0.792 e. The molecule has 0 spiro atoms. The summed E-state index contributed by atoms with van der Waals surface area (Å²) in [7, 11) is 0.209. The number of benzene rings is 2. The van der Waals surface area contributed by atoms with E-state index in [1.54, 1.807) is 0 Å². The molecule has 0 saturated heterocycles. The Morgan fingerprint density at radius 1 is 0.509 bits per heavy atom. The number of carboxylic acids is 2. The molecule has 322 valence electrons. The van der Waals surface area contributed by atoms with Crippen LogP contribution in [0.3, 0.4) is 0 Å². The Labute approximate surface area is 403 Å². The summed E-state index contributed by atoms with van der Waals surface area (Å²) in [5.74, 6) is 8.53. The molecular weight excluding hydrogens is 1200 g/mol. The summed E-state index contributed by atoms with van der Waals surface area (Å²) in [4.78, 5) is 19.1. The van der Waals surface area contributed by atoms with Crippen molar-refractivity contribution in [2.45, 2.75) is 94.9 Å². The van der Waals surface area contributed by atoms with Gasteiger partial charge in [-0.1, -0.05) is 159 Å². The van der Waals surface area contributed by atoms with Crippen LogP contribution in [0.2, 0.25) is 0 Å². The Morgan fingerprint density at radius 3 is 0.818 bits per heavy atom. The second-order valence-corrected chi connectivity index (χ2v) is 20.6. The summed E-state index contributed by atoms with van der Waals surface area (Å²) < 4.78 is 0. The number of carboxylic acid groups (broad SMARTS) is 2. The normalized spacial score (nSPS) is 25.7. The molecule has 0 aromatic heterocycles. The summed E-state index contributed by atoms with van der Waals surface area (Å²) in [5, 5.41) is 18.7. The zero-order valence-corrected chi connectivity index (χ0v) is 46.5. The Kier molecular flexibility index (Phi) is 45.5. The minimum atomic E-state index is -0.815. The van der Waals surface area contributed by atoms with Crippen LogP contribution in [0.25, 0.3) is 0 Å². The third-order valence-corrected chi connectivity index (χ3v) is 14.9. The van der Waals surface area contributed by atoms with Crippen LogP contribution in [0.1, 0.15) is 94.9 Å². The summed E-state index contributed by atoms with van der Waals surface area (Å²) >= 11 is 8.69. The van der Waals surface area contributed by atoms with Gasteiger partial charge in [-0.05, 0) is 96.4 Å². The summed E-state index contributed by atoms with van der Waals surface area (Å²) in [6.07, 6.45) is 2.96. The molecular formula is C44H76Au2O4P2S2Zr+2. The van der Waals surface area contributed by atoms with E-state index in [-0.39, 0.29) is 99.6 Å². The number of hydrogen-bond donors (Lipinski definition) is 2. The van der Waals surface area contributed by atoms with E-state index in [0.29, 0.717) is 11.5 Å². The van der Waals surface area contributed by atoms with Gasteiger partial charge in [-0.25, -0.2) is 0 Å². The van der Waals surface area contributed by atoms with Crippen LogP contribution < -0.4 is 10.6 Å². The van der Waals surface area contributed by atoms with Crippen molar-refractivity contribution in [2.75, 3.05) is 38.2 Å². The van der Waals surface area contributed by atoms with Gasteiger partial charge in [-0.3, -0.25) is 9.59 Å². The Morgan fingerprint density at radius 2 is 0.727 bits per heavy atom. The maximum Gasteiger partial charge on any atom is 2.00 e. The summed E-state index contributed by atoms with van der Waals surface area (Å²) in [6, 6.07) is 21.2. The van der Waals surface area contributed by atoms with Crippen LogP contribution >= 0.6 is 15.8 Å². The van der Waals surface area contributed by atoms with Gasteiger partial charge >= 0.3 is 82.9 Å². The molecule has 2 aliphatic rings. The molecule has 0 amide bonds. The van der Waals surface area contributed by atoms with Gasteiger partial charge < -0.3 is 35.5 Å². The fourth-order valence-electron chi connectivity index (χ4n) is 7.55. The van der Waals surface area contributed by atoms with Gasteiger partial charge in [0.2, 0.25) is 0 Å². The summed E-state index contributed by atoms with van der Waals surface area (Å²) in [6.45, 7) is 33.1. The monoisotopic (exact) mass is 1280 g/mol. The summed E-state index contributed by atoms with van der Waals surface area (Å²) in [5.41, 5.74) is 0. The van der Waals surface area contributed by atoms with Crippen LogP contribution in [0.15, 0.2) is 60.7 Å². The maximum absolute atomic E-state index is 9.53. The second kappa shape index (κ2) is 38.2. The van der Waals surface area contributed by atoms with Crippen molar-refractivity contribution < 1.29 is 90.8 Å². The van der Waals surface area contributed by atoms with Crippen LogP contribution in [0.4, 0.5) is 0 Å². The van der Waals surface area contributed by atoms with E-state index in [9.17, 15) is 9.59 Å². The quantitative estimate of drug-likeness (QED) is 0.156. The van der Waals surface area contributed by atoms with Crippen molar-refractivity contribution in [2.24, 2.45) is 59.2 Å².